The van der Waals surface area contributed by atoms with E-state index in [1.807, 2.05) is 12.1 Å². The number of carbonyl (C=O) groups is 1. The Morgan fingerprint density at radius 2 is 1.79 bits per heavy atom. The predicted octanol–water partition coefficient (Wildman–Crippen LogP) is 7.87. The van der Waals surface area contributed by atoms with Crippen LogP contribution in [0.1, 0.15) is 43.6 Å². The summed E-state index contributed by atoms with van der Waals surface area (Å²) in [4.78, 5) is 17.0. The van der Waals surface area contributed by atoms with Gasteiger partial charge in [0, 0.05) is 10.6 Å². The zero-order valence-electron chi connectivity index (χ0n) is 18.5. The second-order valence-electron chi connectivity index (χ2n) is 8.57. The zero-order chi connectivity index (χ0) is 23.5. The van der Waals surface area contributed by atoms with Crippen molar-refractivity contribution in [2.24, 2.45) is 0 Å². The molecule has 0 aliphatic heterocycles. The average Bonchev–Trinajstić information content (AvgIpc) is 3.28. The Morgan fingerprint density at radius 3 is 2.59 bits per heavy atom. The number of nitrogens with one attached hydrogen (secondary N) is 1. The predicted molar refractivity (Wildman–Crippen MR) is 136 cm³/mol. The molecule has 3 aromatic carbocycles. The van der Waals surface area contributed by atoms with Crippen molar-refractivity contribution >= 4 is 45.9 Å². The van der Waals surface area contributed by atoms with E-state index in [0.717, 1.165) is 0 Å². The van der Waals surface area contributed by atoms with Crippen LogP contribution >= 0.6 is 23.2 Å². The molecular weight excluding hydrogens is 471 g/mol. The number of halogens is 2. The van der Waals surface area contributed by atoms with Crippen LogP contribution < -0.4 is 10.1 Å². The van der Waals surface area contributed by atoms with Crippen molar-refractivity contribution in [2.45, 2.75) is 38.0 Å². The van der Waals surface area contributed by atoms with Gasteiger partial charge in [0.2, 0.25) is 5.89 Å². The van der Waals surface area contributed by atoms with Crippen molar-refractivity contribution in [3.8, 4) is 17.2 Å². The summed E-state index contributed by atoms with van der Waals surface area (Å²) >= 11 is 12.3. The summed E-state index contributed by atoms with van der Waals surface area (Å²) in [5.74, 6) is 1.41. The highest BCUT2D eigenvalue weighted by Gasteiger charge is 2.16. The van der Waals surface area contributed by atoms with Crippen LogP contribution in [-0.4, -0.2) is 17.5 Å². The van der Waals surface area contributed by atoms with Gasteiger partial charge in [-0.3, -0.25) is 4.79 Å². The third-order valence-electron chi connectivity index (χ3n) is 6.16. The maximum atomic E-state index is 12.5. The first kappa shape index (κ1) is 22.8. The van der Waals surface area contributed by atoms with Gasteiger partial charge in [0.1, 0.15) is 11.3 Å². The summed E-state index contributed by atoms with van der Waals surface area (Å²) in [6, 6.07) is 18.5. The molecular formula is C27H24Cl2N2O3. The van der Waals surface area contributed by atoms with E-state index in [-0.39, 0.29) is 12.5 Å². The number of hydrogen-bond acceptors (Lipinski definition) is 4. The number of oxazole rings is 1. The van der Waals surface area contributed by atoms with Crippen LogP contribution in [0.4, 0.5) is 5.69 Å². The van der Waals surface area contributed by atoms with Crippen molar-refractivity contribution in [3.05, 3.63) is 76.3 Å². The van der Waals surface area contributed by atoms with E-state index in [4.69, 9.17) is 32.4 Å². The molecule has 1 fully saturated rings. The number of carbonyl (C=O) groups excluding carboxylic acids is 1. The highest BCUT2D eigenvalue weighted by molar-refractivity contribution is 6.33. The maximum Gasteiger partial charge on any atom is 0.262 e. The molecule has 0 saturated heterocycles. The minimum atomic E-state index is -0.306. The Kier molecular flexibility index (Phi) is 6.75. The van der Waals surface area contributed by atoms with Crippen LogP contribution in [0.3, 0.4) is 0 Å². The molecule has 0 radical (unpaired) electrons. The largest absolute Gasteiger partial charge is 0.484 e. The summed E-state index contributed by atoms with van der Waals surface area (Å²) in [6.45, 7) is -0.120. The fourth-order valence-electron chi connectivity index (χ4n) is 4.39. The molecule has 0 atom stereocenters. The fourth-order valence-corrected chi connectivity index (χ4v) is 4.72. The fraction of sp³-hybridized carbons (Fsp3) is 0.259. The van der Waals surface area contributed by atoms with Gasteiger partial charge in [0.25, 0.3) is 5.91 Å². The molecule has 174 valence electrons. The lowest BCUT2D eigenvalue weighted by Crippen LogP contribution is -2.20. The van der Waals surface area contributed by atoms with Gasteiger partial charge < -0.3 is 14.5 Å². The SMILES string of the molecule is O=C(COc1ccc(C2CCCCC2)cc1)Nc1cc(-c2nc3cc(Cl)ccc3o2)ccc1Cl. The molecule has 0 spiro atoms. The average molecular weight is 495 g/mol. The lowest BCUT2D eigenvalue weighted by atomic mass is 9.84. The molecule has 1 amide bonds. The second-order valence-corrected chi connectivity index (χ2v) is 9.41. The topological polar surface area (TPSA) is 64.4 Å². The van der Waals surface area contributed by atoms with Gasteiger partial charge in [-0.2, -0.15) is 0 Å². The van der Waals surface area contributed by atoms with Crippen LogP contribution in [-0.2, 0) is 4.79 Å². The van der Waals surface area contributed by atoms with Crippen LogP contribution in [0.5, 0.6) is 5.75 Å². The molecule has 1 aliphatic rings. The molecule has 1 aliphatic carbocycles. The third-order valence-corrected chi connectivity index (χ3v) is 6.73. The van der Waals surface area contributed by atoms with Crippen LogP contribution in [0.25, 0.3) is 22.6 Å². The molecule has 0 unspecified atom stereocenters. The maximum absolute atomic E-state index is 12.5. The summed E-state index contributed by atoms with van der Waals surface area (Å²) < 4.78 is 11.5. The molecule has 5 nitrogen and oxygen atoms in total. The van der Waals surface area contributed by atoms with Crippen molar-refractivity contribution < 1.29 is 13.9 Å². The lowest BCUT2D eigenvalue weighted by molar-refractivity contribution is -0.118. The van der Waals surface area contributed by atoms with E-state index >= 15 is 0 Å². The van der Waals surface area contributed by atoms with Crippen LogP contribution in [0, 0.1) is 0 Å². The normalized spacial score (nSPS) is 14.3. The molecule has 7 heteroatoms. The van der Waals surface area contributed by atoms with E-state index in [0.29, 0.717) is 50.0 Å². The molecule has 1 saturated carbocycles. The first-order valence-electron chi connectivity index (χ1n) is 11.4. The minimum Gasteiger partial charge on any atom is -0.484 e. The Labute approximate surface area is 208 Å². The summed E-state index contributed by atoms with van der Waals surface area (Å²) in [5.41, 5.74) is 3.78. The summed E-state index contributed by atoms with van der Waals surface area (Å²) in [6.07, 6.45) is 6.43. The zero-order valence-corrected chi connectivity index (χ0v) is 20.0. The number of amides is 1. The molecule has 0 bridgehead atoms. The number of ether oxygens (including phenoxy) is 1. The standard InChI is InChI=1S/C27H24Cl2N2O3/c28-20-9-13-25-24(15-20)31-27(34-25)19-8-12-22(29)23(14-19)30-26(32)16-33-21-10-6-18(7-11-21)17-4-2-1-3-5-17/h6-15,17H,1-5,16H2,(H,30,32). The molecule has 4 aromatic rings. The quantitative estimate of drug-likeness (QED) is 0.296. The van der Waals surface area contributed by atoms with E-state index in [9.17, 15) is 4.79 Å². The summed E-state index contributed by atoms with van der Waals surface area (Å²) in [5, 5.41) is 3.80. The van der Waals surface area contributed by atoms with Gasteiger partial charge in [-0.05, 0) is 72.9 Å². The highest BCUT2D eigenvalue weighted by Crippen LogP contribution is 2.34. The Balaban J connectivity index is 1.22. The molecule has 5 rings (SSSR count). The first-order valence-corrected chi connectivity index (χ1v) is 12.2. The Bertz CT molecular complexity index is 1310. The van der Waals surface area contributed by atoms with Gasteiger partial charge in [0.05, 0.1) is 10.7 Å². The number of benzene rings is 3. The monoisotopic (exact) mass is 494 g/mol. The Morgan fingerprint density at radius 1 is 1.00 bits per heavy atom. The molecule has 34 heavy (non-hydrogen) atoms. The van der Waals surface area contributed by atoms with Crippen molar-refractivity contribution in [2.75, 3.05) is 11.9 Å². The van der Waals surface area contributed by atoms with Crippen LogP contribution in [0.2, 0.25) is 10.0 Å². The third kappa shape index (κ3) is 5.21. The van der Waals surface area contributed by atoms with E-state index in [2.05, 4.69) is 22.4 Å². The second kappa shape index (κ2) is 10.1. The summed E-state index contributed by atoms with van der Waals surface area (Å²) in [7, 11) is 0. The van der Waals surface area contributed by atoms with Gasteiger partial charge in [-0.25, -0.2) is 4.98 Å². The van der Waals surface area contributed by atoms with E-state index in [1.54, 1.807) is 36.4 Å². The number of fused-ring (bicyclic) bond motifs is 1. The van der Waals surface area contributed by atoms with Gasteiger partial charge >= 0.3 is 0 Å². The van der Waals surface area contributed by atoms with Gasteiger partial charge in [-0.1, -0.05) is 54.6 Å². The van der Waals surface area contributed by atoms with Gasteiger partial charge in [-0.15, -0.1) is 0 Å². The number of rotatable bonds is 6. The van der Waals surface area contributed by atoms with E-state index in [1.165, 1.54) is 37.7 Å². The first-order chi connectivity index (χ1) is 16.5. The van der Waals surface area contributed by atoms with Crippen molar-refractivity contribution in [3.63, 3.8) is 0 Å². The molecule has 1 heterocycles. The Hall–Kier alpha value is -3.02. The lowest BCUT2D eigenvalue weighted by Gasteiger charge is -2.22. The molecule has 1 aromatic heterocycles. The van der Waals surface area contributed by atoms with Crippen molar-refractivity contribution in [1.82, 2.24) is 4.98 Å². The number of anilines is 1. The highest BCUT2D eigenvalue weighted by atomic mass is 35.5. The smallest absolute Gasteiger partial charge is 0.262 e. The van der Waals surface area contributed by atoms with E-state index < -0.39 is 0 Å². The number of nitrogens with zero attached hydrogens (tertiary/aromatic N) is 1. The van der Waals surface area contributed by atoms with Gasteiger partial charge in [0.15, 0.2) is 12.2 Å². The van der Waals surface area contributed by atoms with Crippen molar-refractivity contribution in [1.29, 1.82) is 0 Å². The van der Waals surface area contributed by atoms with Crippen LogP contribution in [0.15, 0.2) is 65.1 Å². The minimum absolute atomic E-state index is 0.120. The number of aromatic nitrogens is 1. The molecule has 1 N–H and O–H groups in total. The number of hydrogen-bond donors (Lipinski definition) is 1.